The molecule has 2 aliphatic rings. The molecule has 0 aliphatic carbocycles. The van der Waals surface area contributed by atoms with Crippen LogP contribution in [0.1, 0.15) is 12.5 Å². The van der Waals surface area contributed by atoms with Crippen molar-refractivity contribution in [1.29, 1.82) is 5.26 Å². The molecule has 2 fully saturated rings. The normalized spacial score (nSPS) is 27.5. The second kappa shape index (κ2) is 7.66. The van der Waals surface area contributed by atoms with Crippen molar-refractivity contribution < 1.29 is 13.9 Å². The van der Waals surface area contributed by atoms with Crippen LogP contribution in [0, 0.1) is 11.3 Å². The Balaban J connectivity index is 1.58. The largest absolute Gasteiger partial charge is 0.364 e. The molecule has 1 amide bonds. The second-order valence-corrected chi connectivity index (χ2v) is 7.13. The minimum Gasteiger partial charge on any atom is -0.364 e. The maximum Gasteiger partial charge on any atom is 0.251 e. The van der Waals surface area contributed by atoms with E-state index < -0.39 is 18.3 Å². The number of carbonyl (C=O) groups is 1. The average Bonchev–Trinajstić information content (AvgIpc) is 3.11. The van der Waals surface area contributed by atoms with Gasteiger partial charge in [-0.3, -0.25) is 14.8 Å². The highest BCUT2D eigenvalue weighted by Crippen LogP contribution is 2.28. The van der Waals surface area contributed by atoms with Crippen molar-refractivity contribution in [3.8, 4) is 6.07 Å². The number of nitrogens with zero attached hydrogens (tertiary/aromatic N) is 4. The van der Waals surface area contributed by atoms with Gasteiger partial charge in [0.15, 0.2) is 6.10 Å². The summed E-state index contributed by atoms with van der Waals surface area (Å²) in [5.74, 6) is -0.322. The number of amides is 1. The Morgan fingerprint density at radius 2 is 2.11 bits per heavy atom. The van der Waals surface area contributed by atoms with Gasteiger partial charge in [0.1, 0.15) is 23.3 Å². The number of alkyl halides is 1. The molecule has 4 rings (SSSR count). The number of benzene rings is 1. The maximum absolute atomic E-state index is 13.8. The maximum atomic E-state index is 13.8. The number of fused-ring (bicyclic) bond motifs is 1. The van der Waals surface area contributed by atoms with Crippen LogP contribution in [-0.2, 0) is 9.53 Å². The van der Waals surface area contributed by atoms with E-state index in [1.165, 1.54) is 0 Å². The molecule has 9 heteroatoms. The van der Waals surface area contributed by atoms with E-state index in [4.69, 9.17) is 4.74 Å². The fraction of sp³-hybridized carbons (Fsp3) is 0.474. The zero-order valence-electron chi connectivity index (χ0n) is 15.4. The van der Waals surface area contributed by atoms with Crippen LogP contribution in [0.2, 0.25) is 0 Å². The number of carbonyl (C=O) groups excluding carboxylic acids is 1. The summed E-state index contributed by atoms with van der Waals surface area (Å²) in [6.07, 6.45) is 1.11. The molecule has 2 aromatic rings. The fourth-order valence-electron chi connectivity index (χ4n) is 3.75. The molecule has 0 spiro atoms. The van der Waals surface area contributed by atoms with Gasteiger partial charge in [0.25, 0.3) is 5.91 Å². The molecule has 3 unspecified atom stereocenters. The Hall–Kier alpha value is -2.83. The minimum atomic E-state index is -1.10. The van der Waals surface area contributed by atoms with Gasteiger partial charge in [-0.25, -0.2) is 4.39 Å². The first kappa shape index (κ1) is 18.5. The summed E-state index contributed by atoms with van der Waals surface area (Å²) in [5, 5.41) is 15.0. The molecule has 3 heterocycles. The standard InChI is InChI=1S/C19H21FN6O2/c1-11-9-26(10-16(28-11)19(27)25-14-8-22-7-13(14)20)15-3-2-12(6-21)17-18(15)24-5-4-23-17/h2-5,11,13-14,16,22H,7-10H2,1H3,(H,25,27)/t11?,13?,14?,16-/m1/s1. The van der Waals surface area contributed by atoms with Crippen LogP contribution < -0.4 is 15.5 Å². The third kappa shape index (κ3) is 3.48. The predicted octanol–water partition coefficient (Wildman–Crippen LogP) is 0.521. The van der Waals surface area contributed by atoms with Crippen LogP contribution in [0.5, 0.6) is 0 Å². The summed E-state index contributed by atoms with van der Waals surface area (Å²) >= 11 is 0. The zero-order valence-corrected chi connectivity index (χ0v) is 15.4. The average molecular weight is 384 g/mol. The molecule has 146 valence electrons. The monoisotopic (exact) mass is 384 g/mol. The van der Waals surface area contributed by atoms with Crippen LogP contribution in [-0.4, -0.2) is 66.5 Å². The van der Waals surface area contributed by atoms with Gasteiger partial charge in [-0.05, 0) is 19.1 Å². The number of halogens is 1. The van der Waals surface area contributed by atoms with E-state index in [1.807, 2.05) is 17.9 Å². The van der Waals surface area contributed by atoms with E-state index >= 15 is 0 Å². The molecule has 1 aromatic carbocycles. The van der Waals surface area contributed by atoms with Crippen molar-refractivity contribution in [2.75, 3.05) is 31.1 Å². The topological polar surface area (TPSA) is 103 Å². The van der Waals surface area contributed by atoms with Crippen molar-refractivity contribution in [2.45, 2.75) is 31.3 Å². The molecule has 8 nitrogen and oxygen atoms in total. The Morgan fingerprint density at radius 1 is 1.32 bits per heavy atom. The number of hydrogen-bond donors (Lipinski definition) is 2. The van der Waals surface area contributed by atoms with Gasteiger partial charge in [0.05, 0.1) is 29.9 Å². The smallest absolute Gasteiger partial charge is 0.251 e. The van der Waals surface area contributed by atoms with Crippen LogP contribution in [0.3, 0.4) is 0 Å². The Morgan fingerprint density at radius 3 is 2.82 bits per heavy atom. The van der Waals surface area contributed by atoms with Gasteiger partial charge >= 0.3 is 0 Å². The molecule has 28 heavy (non-hydrogen) atoms. The van der Waals surface area contributed by atoms with Gasteiger partial charge < -0.3 is 20.3 Å². The van der Waals surface area contributed by atoms with Crippen molar-refractivity contribution in [3.63, 3.8) is 0 Å². The molecule has 2 N–H and O–H groups in total. The lowest BCUT2D eigenvalue weighted by atomic mass is 10.1. The van der Waals surface area contributed by atoms with Crippen molar-refractivity contribution in [3.05, 3.63) is 30.1 Å². The third-order valence-electron chi connectivity index (χ3n) is 5.09. The highest BCUT2D eigenvalue weighted by molar-refractivity contribution is 5.92. The molecule has 0 bridgehead atoms. The lowest BCUT2D eigenvalue weighted by Crippen LogP contribution is -2.55. The SMILES string of the molecule is CC1CN(c2ccc(C#N)c3nccnc23)C[C@H](C(=O)NC2CNCC2F)O1. The third-order valence-corrected chi connectivity index (χ3v) is 5.09. The molecule has 4 atom stereocenters. The number of anilines is 1. The number of rotatable bonds is 3. The number of nitrogens with one attached hydrogen (secondary N) is 2. The fourth-order valence-corrected chi connectivity index (χ4v) is 3.75. The molecule has 0 radical (unpaired) electrons. The van der Waals surface area contributed by atoms with E-state index in [2.05, 4.69) is 26.7 Å². The van der Waals surface area contributed by atoms with Crippen molar-refractivity contribution in [1.82, 2.24) is 20.6 Å². The van der Waals surface area contributed by atoms with Gasteiger partial charge in [-0.15, -0.1) is 0 Å². The van der Waals surface area contributed by atoms with E-state index in [1.54, 1.807) is 18.5 Å². The van der Waals surface area contributed by atoms with E-state index in [-0.39, 0.29) is 18.6 Å². The van der Waals surface area contributed by atoms with Gasteiger partial charge in [0, 0.05) is 32.0 Å². The number of ether oxygens (including phenoxy) is 1. The molecular formula is C19H21FN6O2. The van der Waals surface area contributed by atoms with Gasteiger partial charge in [-0.1, -0.05) is 0 Å². The Bertz CT molecular complexity index is 932. The summed E-state index contributed by atoms with van der Waals surface area (Å²) in [4.78, 5) is 23.4. The first-order valence-electron chi connectivity index (χ1n) is 9.26. The van der Waals surface area contributed by atoms with Crippen LogP contribution in [0.4, 0.5) is 10.1 Å². The Kier molecular flexibility index (Phi) is 5.07. The summed E-state index contributed by atoms with van der Waals surface area (Å²) in [7, 11) is 0. The molecule has 1 aromatic heterocycles. The molecule has 2 saturated heterocycles. The quantitative estimate of drug-likeness (QED) is 0.795. The first-order valence-corrected chi connectivity index (χ1v) is 9.26. The summed E-state index contributed by atoms with van der Waals surface area (Å²) in [5.41, 5.74) is 2.38. The lowest BCUT2D eigenvalue weighted by molar-refractivity contribution is -0.138. The zero-order chi connectivity index (χ0) is 19.7. The van der Waals surface area contributed by atoms with Crippen molar-refractivity contribution >= 4 is 22.6 Å². The lowest BCUT2D eigenvalue weighted by Gasteiger charge is -2.38. The van der Waals surface area contributed by atoms with Crippen LogP contribution in [0.15, 0.2) is 24.5 Å². The molecule has 0 saturated carbocycles. The van der Waals surface area contributed by atoms with Gasteiger partial charge in [0.2, 0.25) is 0 Å². The predicted molar refractivity (Wildman–Crippen MR) is 100 cm³/mol. The number of morpholine rings is 1. The summed E-state index contributed by atoms with van der Waals surface area (Å²) < 4.78 is 19.6. The van der Waals surface area contributed by atoms with Crippen LogP contribution in [0.25, 0.3) is 11.0 Å². The van der Waals surface area contributed by atoms with Gasteiger partial charge in [-0.2, -0.15) is 5.26 Å². The number of hydrogen-bond acceptors (Lipinski definition) is 7. The number of aromatic nitrogens is 2. The highest BCUT2D eigenvalue weighted by Gasteiger charge is 2.35. The summed E-state index contributed by atoms with van der Waals surface area (Å²) in [6.45, 7) is 3.42. The number of nitriles is 1. The highest BCUT2D eigenvalue weighted by atomic mass is 19.1. The first-order chi connectivity index (χ1) is 13.6. The second-order valence-electron chi connectivity index (χ2n) is 7.13. The van der Waals surface area contributed by atoms with Crippen molar-refractivity contribution in [2.24, 2.45) is 0 Å². The van der Waals surface area contributed by atoms with E-state index in [0.29, 0.717) is 36.2 Å². The summed E-state index contributed by atoms with van der Waals surface area (Å²) in [6, 6.07) is 5.12. The van der Waals surface area contributed by atoms with E-state index in [9.17, 15) is 14.4 Å². The Labute approximate surface area is 161 Å². The minimum absolute atomic E-state index is 0.199. The van der Waals surface area contributed by atoms with Crippen LogP contribution >= 0.6 is 0 Å². The molecular weight excluding hydrogens is 363 g/mol. The van der Waals surface area contributed by atoms with E-state index in [0.717, 1.165) is 5.69 Å². The molecule has 2 aliphatic heterocycles.